The number of benzene rings is 1. The van der Waals surface area contributed by atoms with E-state index in [2.05, 4.69) is 5.32 Å². The van der Waals surface area contributed by atoms with Gasteiger partial charge in [-0.25, -0.2) is 9.18 Å². The van der Waals surface area contributed by atoms with Crippen molar-refractivity contribution in [2.45, 2.75) is 19.1 Å². The fourth-order valence-electron chi connectivity index (χ4n) is 2.20. The average Bonchev–Trinajstić information content (AvgIpc) is 2.50. The molecular formula is C13H15FN2O5. The van der Waals surface area contributed by atoms with Crippen LogP contribution in [-0.4, -0.2) is 47.5 Å². The first-order valence-electron chi connectivity index (χ1n) is 6.32. The number of amides is 2. The molecule has 1 aromatic carbocycles. The van der Waals surface area contributed by atoms with Crippen LogP contribution in [0, 0.1) is 5.82 Å². The van der Waals surface area contributed by atoms with Gasteiger partial charge in [0.2, 0.25) is 0 Å². The summed E-state index contributed by atoms with van der Waals surface area (Å²) < 4.78 is 18.9. The van der Waals surface area contributed by atoms with Gasteiger partial charge in [-0.05, 0) is 19.1 Å². The maximum absolute atomic E-state index is 13.4. The third-order valence-corrected chi connectivity index (χ3v) is 3.13. The number of halogens is 1. The van der Waals surface area contributed by atoms with Crippen LogP contribution < -0.4 is 15.0 Å². The van der Waals surface area contributed by atoms with Crippen molar-refractivity contribution in [3.05, 3.63) is 24.0 Å². The van der Waals surface area contributed by atoms with Gasteiger partial charge in [-0.3, -0.25) is 4.79 Å². The van der Waals surface area contributed by atoms with Crippen molar-refractivity contribution >= 4 is 17.7 Å². The van der Waals surface area contributed by atoms with E-state index in [-0.39, 0.29) is 24.6 Å². The van der Waals surface area contributed by atoms with E-state index in [1.54, 1.807) is 0 Å². The predicted molar refractivity (Wildman–Crippen MR) is 70.9 cm³/mol. The number of aliphatic hydroxyl groups excluding tert-OH is 1. The molecule has 1 aliphatic heterocycles. The van der Waals surface area contributed by atoms with Crippen LogP contribution in [-0.2, 0) is 4.79 Å². The quantitative estimate of drug-likeness (QED) is 0.757. The van der Waals surface area contributed by atoms with E-state index in [1.807, 2.05) is 0 Å². The molecule has 114 valence electrons. The Morgan fingerprint density at radius 2 is 2.24 bits per heavy atom. The lowest BCUT2D eigenvalue weighted by atomic mass is 10.1. The maximum Gasteiger partial charge on any atom is 0.405 e. The molecule has 2 amide bonds. The number of β-amino-alcohol motifs (C(OH)–C–C–N with tert-alkyl or cyclic N) is 1. The highest BCUT2D eigenvalue weighted by molar-refractivity contribution is 6.00. The van der Waals surface area contributed by atoms with Crippen molar-refractivity contribution in [1.82, 2.24) is 5.32 Å². The number of rotatable bonds is 3. The van der Waals surface area contributed by atoms with Crippen molar-refractivity contribution in [2.24, 2.45) is 0 Å². The second kappa shape index (κ2) is 5.96. The number of hydrogen-bond donors (Lipinski definition) is 3. The van der Waals surface area contributed by atoms with Crippen molar-refractivity contribution in [2.75, 3.05) is 18.1 Å². The first-order valence-corrected chi connectivity index (χ1v) is 6.32. The molecule has 1 heterocycles. The topological polar surface area (TPSA) is 99.1 Å². The largest absolute Gasteiger partial charge is 0.486 e. The Morgan fingerprint density at radius 1 is 1.52 bits per heavy atom. The highest BCUT2D eigenvalue weighted by Gasteiger charge is 2.37. The second-order valence-corrected chi connectivity index (χ2v) is 4.58. The molecule has 0 spiro atoms. The summed E-state index contributed by atoms with van der Waals surface area (Å²) in [6, 6.07) is 2.50. The Morgan fingerprint density at radius 3 is 2.86 bits per heavy atom. The number of nitrogens with zero attached hydrogens (tertiary/aromatic N) is 1. The van der Waals surface area contributed by atoms with Gasteiger partial charge in [-0.1, -0.05) is 0 Å². The highest BCUT2D eigenvalue weighted by Crippen LogP contribution is 2.33. The Bertz CT molecular complexity index is 565. The minimum Gasteiger partial charge on any atom is -0.486 e. The molecule has 1 aliphatic rings. The summed E-state index contributed by atoms with van der Waals surface area (Å²) in [6.45, 7) is 1.09. The Balaban J connectivity index is 2.46. The van der Waals surface area contributed by atoms with Crippen LogP contribution in [0.2, 0.25) is 0 Å². The Hall–Kier alpha value is -2.35. The summed E-state index contributed by atoms with van der Waals surface area (Å²) in [5.41, 5.74) is 0.163. The number of anilines is 1. The average molecular weight is 298 g/mol. The minimum atomic E-state index is -1.37. The molecule has 0 saturated heterocycles. The van der Waals surface area contributed by atoms with E-state index in [9.17, 15) is 14.0 Å². The van der Waals surface area contributed by atoms with Crippen LogP contribution in [0.4, 0.5) is 14.9 Å². The molecule has 0 saturated carbocycles. The summed E-state index contributed by atoms with van der Waals surface area (Å²) in [5, 5.41) is 20.0. The molecule has 8 heteroatoms. The monoisotopic (exact) mass is 298 g/mol. The van der Waals surface area contributed by atoms with E-state index in [0.717, 1.165) is 11.0 Å². The second-order valence-electron chi connectivity index (χ2n) is 4.58. The summed E-state index contributed by atoms with van der Waals surface area (Å²) >= 11 is 0. The molecule has 0 aromatic heterocycles. The molecule has 1 aromatic rings. The van der Waals surface area contributed by atoms with Crippen LogP contribution in [0.5, 0.6) is 5.75 Å². The van der Waals surface area contributed by atoms with Gasteiger partial charge in [-0.2, -0.15) is 0 Å². The first-order chi connectivity index (χ1) is 9.93. The number of carbonyl (C=O) groups is 2. The number of carboxylic acid groups (broad SMARTS) is 1. The van der Waals surface area contributed by atoms with Gasteiger partial charge in [0, 0.05) is 12.6 Å². The lowest BCUT2D eigenvalue weighted by Crippen LogP contribution is -2.54. The fourth-order valence-corrected chi connectivity index (χ4v) is 2.20. The number of carbonyl (C=O) groups excluding carboxylic acids is 1. The number of fused-ring (bicyclic) bond motifs is 1. The lowest BCUT2D eigenvalue weighted by Gasteiger charge is -2.24. The molecule has 0 bridgehead atoms. The summed E-state index contributed by atoms with van der Waals surface area (Å²) in [6.07, 6.45) is -2.15. The van der Waals surface area contributed by atoms with Gasteiger partial charge < -0.3 is 25.2 Å². The first kappa shape index (κ1) is 15.0. The van der Waals surface area contributed by atoms with Gasteiger partial charge >= 0.3 is 6.09 Å². The van der Waals surface area contributed by atoms with Crippen LogP contribution in [0.1, 0.15) is 6.92 Å². The molecule has 7 nitrogen and oxygen atoms in total. The molecule has 0 unspecified atom stereocenters. The zero-order valence-electron chi connectivity index (χ0n) is 11.2. The molecular weight excluding hydrogens is 283 g/mol. The molecule has 0 aliphatic carbocycles. The molecule has 3 N–H and O–H groups in total. The van der Waals surface area contributed by atoms with Gasteiger partial charge in [0.1, 0.15) is 23.7 Å². The lowest BCUT2D eigenvalue weighted by molar-refractivity contribution is -0.122. The van der Waals surface area contributed by atoms with Gasteiger partial charge in [0.05, 0.1) is 12.3 Å². The van der Waals surface area contributed by atoms with Crippen molar-refractivity contribution < 1.29 is 28.9 Å². The predicted octanol–water partition coefficient (Wildman–Crippen LogP) is 0.568. The van der Waals surface area contributed by atoms with Gasteiger partial charge in [-0.15, -0.1) is 0 Å². The number of hydrogen-bond acceptors (Lipinski definition) is 4. The number of aliphatic hydroxyl groups is 1. The highest BCUT2D eigenvalue weighted by atomic mass is 19.1. The maximum atomic E-state index is 13.4. The van der Waals surface area contributed by atoms with E-state index < -0.39 is 30.0 Å². The van der Waals surface area contributed by atoms with Crippen LogP contribution in [0.3, 0.4) is 0 Å². The number of nitrogens with one attached hydrogen (secondary N) is 1. The third kappa shape index (κ3) is 3.05. The summed E-state index contributed by atoms with van der Waals surface area (Å²) in [5.74, 6) is -0.922. The van der Waals surface area contributed by atoms with Crippen LogP contribution in [0.25, 0.3) is 0 Å². The van der Waals surface area contributed by atoms with E-state index in [1.165, 1.54) is 19.1 Å². The smallest absolute Gasteiger partial charge is 0.405 e. The summed E-state index contributed by atoms with van der Waals surface area (Å²) in [7, 11) is 0. The van der Waals surface area contributed by atoms with Crippen molar-refractivity contribution in [1.29, 1.82) is 0 Å². The zero-order valence-corrected chi connectivity index (χ0v) is 11.2. The normalized spacial score (nSPS) is 21.3. The zero-order chi connectivity index (χ0) is 15.6. The fraction of sp³-hybridized carbons (Fsp3) is 0.385. The molecule has 2 atom stereocenters. The third-order valence-electron chi connectivity index (χ3n) is 3.13. The molecule has 0 radical (unpaired) electrons. The Kier molecular flexibility index (Phi) is 4.27. The standard InChI is InChI=1S/C13H15FN2O5/c1-7-11(15-13(19)20)12(18)16(4-5-17)9-6-8(14)2-3-10(9)21-7/h2-3,6-7,11,15,17H,4-5H2,1H3,(H,19,20)/t7-,11+/m1/s1. The van der Waals surface area contributed by atoms with E-state index in [4.69, 9.17) is 14.9 Å². The summed E-state index contributed by atoms with van der Waals surface area (Å²) in [4.78, 5) is 24.4. The van der Waals surface area contributed by atoms with E-state index >= 15 is 0 Å². The van der Waals surface area contributed by atoms with E-state index in [0.29, 0.717) is 0 Å². The molecule has 21 heavy (non-hydrogen) atoms. The van der Waals surface area contributed by atoms with Crippen molar-refractivity contribution in [3.8, 4) is 5.75 Å². The molecule has 2 rings (SSSR count). The van der Waals surface area contributed by atoms with Crippen LogP contribution in [0.15, 0.2) is 18.2 Å². The Labute approximate surface area is 119 Å². The van der Waals surface area contributed by atoms with Gasteiger partial charge in [0.25, 0.3) is 5.91 Å². The van der Waals surface area contributed by atoms with Gasteiger partial charge in [0.15, 0.2) is 0 Å². The minimum absolute atomic E-state index is 0.0941. The van der Waals surface area contributed by atoms with Crippen LogP contribution >= 0.6 is 0 Å². The molecule has 0 fully saturated rings. The van der Waals surface area contributed by atoms with Crippen molar-refractivity contribution in [3.63, 3.8) is 0 Å². The number of ether oxygens (including phenoxy) is 1. The SMILES string of the molecule is C[C@H]1Oc2ccc(F)cc2N(CCO)C(=O)[C@H]1NC(=O)O.